The highest BCUT2D eigenvalue weighted by Crippen LogP contribution is 2.35. The molecule has 0 aliphatic rings. The predicted molar refractivity (Wildman–Crippen MR) is 111 cm³/mol. The Kier molecular flexibility index (Phi) is 11.5. The van der Waals surface area contributed by atoms with Gasteiger partial charge in [-0.3, -0.25) is 4.79 Å². The van der Waals surface area contributed by atoms with Crippen LogP contribution in [0.4, 0.5) is 0 Å². The minimum absolute atomic E-state index is 0.0666. The van der Waals surface area contributed by atoms with Crippen molar-refractivity contribution in [3.63, 3.8) is 0 Å². The molecule has 0 atom stereocenters. The van der Waals surface area contributed by atoms with Crippen molar-refractivity contribution in [3.05, 3.63) is 60.2 Å². The Bertz CT molecular complexity index is 672. The molecule has 4 nitrogen and oxygen atoms in total. The summed E-state index contributed by atoms with van der Waals surface area (Å²) in [5.74, 6) is 2.45. The zero-order valence-electron chi connectivity index (χ0n) is 16.1. The molecule has 0 aliphatic carbocycles. The molecule has 0 aliphatic heterocycles. The van der Waals surface area contributed by atoms with Crippen molar-refractivity contribution < 1.29 is 19.0 Å². The van der Waals surface area contributed by atoms with Gasteiger partial charge in [0.2, 0.25) is 0 Å². The second kappa shape index (κ2) is 13.7. The third kappa shape index (κ3) is 8.65. The first kappa shape index (κ1) is 22.6. The number of ether oxygens (including phenoxy) is 3. The summed E-state index contributed by atoms with van der Waals surface area (Å²) in [6.07, 6.45) is 5.43. The van der Waals surface area contributed by atoms with Crippen molar-refractivity contribution in [2.24, 2.45) is 0 Å². The zero-order valence-corrected chi connectivity index (χ0v) is 16.9. The van der Waals surface area contributed by atoms with Gasteiger partial charge in [-0.2, -0.15) is 0 Å². The molecule has 0 radical (unpaired) electrons. The number of carbonyl (C=O) groups is 1. The lowest BCUT2D eigenvalue weighted by Crippen LogP contribution is -1.96. The molecule has 0 unspecified atom stereocenters. The minimum Gasteiger partial charge on any atom is -0.496 e. The van der Waals surface area contributed by atoms with Gasteiger partial charge in [0.25, 0.3) is 0 Å². The Balaban J connectivity index is 0.000000511. The van der Waals surface area contributed by atoms with Crippen LogP contribution in [0.3, 0.4) is 0 Å². The van der Waals surface area contributed by atoms with Gasteiger partial charge in [-0.05, 0) is 31.1 Å². The minimum atomic E-state index is 0.0666. The maximum absolute atomic E-state index is 11.7. The molecule has 0 spiro atoms. The first-order chi connectivity index (χ1) is 13.2. The second-order valence-electron chi connectivity index (χ2n) is 5.55. The van der Waals surface area contributed by atoms with E-state index in [1.165, 1.54) is 0 Å². The Labute approximate surface area is 166 Å². The Morgan fingerprint density at radius 2 is 1.37 bits per heavy atom. The van der Waals surface area contributed by atoms with Gasteiger partial charge >= 0.3 is 0 Å². The van der Waals surface area contributed by atoms with E-state index in [0.717, 1.165) is 18.4 Å². The van der Waals surface area contributed by atoms with E-state index in [1.807, 2.05) is 36.4 Å². The summed E-state index contributed by atoms with van der Waals surface area (Å²) in [4.78, 5) is 11.7. The molecule has 0 amide bonds. The van der Waals surface area contributed by atoms with Gasteiger partial charge in [-0.25, -0.2) is 0 Å². The van der Waals surface area contributed by atoms with Crippen LogP contribution in [0.1, 0.15) is 24.8 Å². The molecule has 0 bridgehead atoms. The SMILES string of the molecule is COc1cc(OC)c(OC)cc1C=CC(=O)CCCCCl.c1ccccc1. The Morgan fingerprint density at radius 1 is 0.852 bits per heavy atom. The lowest BCUT2D eigenvalue weighted by Gasteiger charge is -2.12. The van der Waals surface area contributed by atoms with Crippen LogP contribution >= 0.6 is 11.6 Å². The number of benzene rings is 2. The number of allylic oxidation sites excluding steroid dienone is 1. The fourth-order valence-corrected chi connectivity index (χ4v) is 2.42. The van der Waals surface area contributed by atoms with Crippen molar-refractivity contribution in [3.8, 4) is 17.2 Å². The molecule has 5 heteroatoms. The van der Waals surface area contributed by atoms with E-state index in [0.29, 0.717) is 29.5 Å². The third-order valence-corrected chi connectivity index (χ3v) is 3.93. The van der Waals surface area contributed by atoms with E-state index >= 15 is 0 Å². The molecular formula is C22H27ClO4. The van der Waals surface area contributed by atoms with Gasteiger partial charge in [0.15, 0.2) is 17.3 Å². The lowest BCUT2D eigenvalue weighted by molar-refractivity contribution is -0.114. The summed E-state index contributed by atoms with van der Waals surface area (Å²) >= 11 is 5.59. The molecule has 2 aromatic carbocycles. The summed E-state index contributed by atoms with van der Waals surface area (Å²) in [6, 6.07) is 15.5. The molecule has 0 saturated carbocycles. The number of unbranched alkanes of at least 4 members (excludes halogenated alkanes) is 1. The number of carbonyl (C=O) groups excluding carboxylic acids is 1. The summed E-state index contributed by atoms with van der Waals surface area (Å²) < 4.78 is 15.8. The van der Waals surface area contributed by atoms with Gasteiger partial charge in [0, 0.05) is 23.9 Å². The number of hydrogen-bond acceptors (Lipinski definition) is 4. The van der Waals surface area contributed by atoms with E-state index in [-0.39, 0.29) is 5.78 Å². The van der Waals surface area contributed by atoms with Gasteiger partial charge < -0.3 is 14.2 Å². The number of rotatable bonds is 9. The average molecular weight is 391 g/mol. The van der Waals surface area contributed by atoms with E-state index in [2.05, 4.69) is 0 Å². The van der Waals surface area contributed by atoms with E-state index in [9.17, 15) is 4.79 Å². The number of methoxy groups -OCH3 is 3. The molecule has 0 N–H and O–H groups in total. The molecule has 27 heavy (non-hydrogen) atoms. The Morgan fingerprint density at radius 3 is 1.85 bits per heavy atom. The zero-order chi connectivity index (χ0) is 19.9. The van der Waals surface area contributed by atoms with Crippen LogP contribution in [-0.4, -0.2) is 33.0 Å². The third-order valence-electron chi connectivity index (χ3n) is 3.66. The van der Waals surface area contributed by atoms with E-state index in [4.69, 9.17) is 25.8 Å². The first-order valence-corrected chi connectivity index (χ1v) is 9.26. The van der Waals surface area contributed by atoms with Crippen molar-refractivity contribution in [1.29, 1.82) is 0 Å². The summed E-state index contributed by atoms with van der Waals surface area (Å²) in [5.41, 5.74) is 0.765. The molecule has 0 fully saturated rings. The molecule has 146 valence electrons. The van der Waals surface area contributed by atoms with Gasteiger partial charge in [0.1, 0.15) is 5.75 Å². The predicted octanol–water partition coefficient (Wildman–Crippen LogP) is 5.39. The highest BCUT2D eigenvalue weighted by molar-refractivity contribution is 6.17. The molecule has 2 aromatic rings. The van der Waals surface area contributed by atoms with Crippen LogP contribution in [-0.2, 0) is 4.79 Å². The van der Waals surface area contributed by atoms with Crippen LogP contribution < -0.4 is 14.2 Å². The summed E-state index contributed by atoms with van der Waals surface area (Å²) in [6.45, 7) is 0. The van der Waals surface area contributed by atoms with Crippen molar-refractivity contribution in [2.45, 2.75) is 19.3 Å². The van der Waals surface area contributed by atoms with Crippen LogP contribution in [0.25, 0.3) is 6.08 Å². The fraction of sp³-hybridized carbons (Fsp3) is 0.318. The average Bonchev–Trinajstić information content (AvgIpc) is 2.73. The molecule has 2 rings (SSSR count). The van der Waals surface area contributed by atoms with Gasteiger partial charge in [-0.15, -0.1) is 11.6 Å². The quantitative estimate of drug-likeness (QED) is 0.327. The first-order valence-electron chi connectivity index (χ1n) is 8.73. The standard InChI is InChI=1S/C16H21ClO4.C6H6/c1-19-14-11-16(21-3)15(20-2)10-12(14)7-8-13(18)6-4-5-9-17;1-2-4-6-5-3-1/h7-8,10-11H,4-6,9H2,1-3H3;1-6H. The van der Waals surface area contributed by atoms with Crippen LogP contribution in [0.5, 0.6) is 17.2 Å². The monoisotopic (exact) mass is 390 g/mol. The number of hydrogen-bond donors (Lipinski definition) is 0. The topological polar surface area (TPSA) is 44.8 Å². The molecule has 0 aromatic heterocycles. The van der Waals surface area contributed by atoms with Crippen LogP contribution in [0.2, 0.25) is 0 Å². The maximum atomic E-state index is 11.7. The fourth-order valence-electron chi connectivity index (χ4n) is 2.23. The molecule has 0 heterocycles. The van der Waals surface area contributed by atoms with Gasteiger partial charge in [0.05, 0.1) is 21.3 Å². The summed E-state index contributed by atoms with van der Waals surface area (Å²) in [5, 5.41) is 0. The van der Waals surface area contributed by atoms with Crippen molar-refractivity contribution >= 4 is 23.5 Å². The number of alkyl halides is 1. The van der Waals surface area contributed by atoms with Gasteiger partial charge in [-0.1, -0.05) is 36.4 Å². The largest absolute Gasteiger partial charge is 0.496 e. The lowest BCUT2D eigenvalue weighted by atomic mass is 10.1. The second-order valence-corrected chi connectivity index (χ2v) is 5.93. The van der Waals surface area contributed by atoms with Crippen molar-refractivity contribution in [2.75, 3.05) is 27.2 Å². The molecule has 0 saturated heterocycles. The Hall–Kier alpha value is -2.46. The smallest absolute Gasteiger partial charge is 0.164 e. The van der Waals surface area contributed by atoms with Crippen LogP contribution in [0, 0.1) is 0 Å². The normalized spacial score (nSPS) is 10.1. The molecular weight excluding hydrogens is 364 g/mol. The van der Waals surface area contributed by atoms with Crippen LogP contribution in [0.15, 0.2) is 54.6 Å². The maximum Gasteiger partial charge on any atom is 0.164 e. The van der Waals surface area contributed by atoms with E-state index < -0.39 is 0 Å². The van der Waals surface area contributed by atoms with E-state index in [1.54, 1.807) is 45.6 Å². The highest BCUT2D eigenvalue weighted by Gasteiger charge is 2.10. The highest BCUT2D eigenvalue weighted by atomic mass is 35.5. The summed E-state index contributed by atoms with van der Waals surface area (Å²) in [7, 11) is 4.70. The number of halogens is 1. The van der Waals surface area contributed by atoms with Crippen molar-refractivity contribution in [1.82, 2.24) is 0 Å². The number of ketones is 1.